The van der Waals surface area contributed by atoms with E-state index in [1.807, 2.05) is 0 Å². The molecular formula is C15H23N3O2. The van der Waals surface area contributed by atoms with Crippen LogP contribution in [0.3, 0.4) is 0 Å². The number of nitrogens with one attached hydrogen (secondary N) is 1. The lowest BCUT2D eigenvalue weighted by molar-refractivity contribution is 0.0594. The van der Waals surface area contributed by atoms with Gasteiger partial charge in [0.2, 0.25) is 0 Å². The average Bonchev–Trinajstić information content (AvgIpc) is 2.78. The first-order valence-electron chi connectivity index (χ1n) is 6.80. The van der Waals surface area contributed by atoms with E-state index in [1.54, 1.807) is 12.1 Å². The van der Waals surface area contributed by atoms with Gasteiger partial charge in [-0.05, 0) is 28.9 Å². The van der Waals surface area contributed by atoms with Crippen LogP contribution in [0.15, 0.2) is 12.1 Å². The van der Waals surface area contributed by atoms with Crippen LogP contribution >= 0.6 is 0 Å². The van der Waals surface area contributed by atoms with Crippen LogP contribution in [0, 0.1) is 16.7 Å². The van der Waals surface area contributed by atoms with Crippen LogP contribution in [0.1, 0.15) is 38.2 Å². The predicted octanol–water partition coefficient (Wildman–Crippen LogP) is 2.54. The van der Waals surface area contributed by atoms with Gasteiger partial charge >= 0.3 is 5.97 Å². The Bertz CT molecular complexity index is 524. The summed E-state index contributed by atoms with van der Waals surface area (Å²) in [7, 11) is 1.34. The van der Waals surface area contributed by atoms with Gasteiger partial charge in [0.05, 0.1) is 12.8 Å². The number of nitrogens with two attached hydrogens (primary N) is 1. The summed E-state index contributed by atoms with van der Waals surface area (Å²) in [6.07, 6.45) is 0. The normalized spacial score (nSPS) is 19.4. The summed E-state index contributed by atoms with van der Waals surface area (Å²) in [5.41, 5.74) is 7.29. The summed E-state index contributed by atoms with van der Waals surface area (Å²) in [6, 6.07) is 3.24. The maximum atomic E-state index is 11.5. The molecule has 1 aliphatic rings. The molecule has 0 bridgehead atoms. The molecule has 1 fully saturated rings. The van der Waals surface area contributed by atoms with Gasteiger partial charge < -0.3 is 15.8 Å². The van der Waals surface area contributed by atoms with E-state index >= 15 is 0 Å². The average molecular weight is 277 g/mol. The third-order valence-electron chi connectivity index (χ3n) is 5.11. The topological polar surface area (TPSA) is 77.2 Å². The Hall–Kier alpha value is -1.78. The van der Waals surface area contributed by atoms with Crippen LogP contribution in [0.25, 0.3) is 0 Å². The largest absolute Gasteiger partial charge is 0.464 e. The molecule has 110 valence electrons. The molecule has 5 heteroatoms. The van der Waals surface area contributed by atoms with Crippen LogP contribution < -0.4 is 11.1 Å². The van der Waals surface area contributed by atoms with Crippen molar-refractivity contribution >= 4 is 17.5 Å². The zero-order valence-electron chi connectivity index (χ0n) is 12.8. The fraction of sp³-hybridized carbons (Fsp3) is 0.600. The molecule has 0 atom stereocenters. The second kappa shape index (κ2) is 4.65. The Balaban J connectivity index is 2.09. The summed E-state index contributed by atoms with van der Waals surface area (Å²) in [5, 5.41) is 3.26. The number of carbonyl (C=O) groups excluding carboxylic acids is 1. The predicted molar refractivity (Wildman–Crippen MR) is 79.5 cm³/mol. The first-order chi connectivity index (χ1) is 9.21. The zero-order valence-corrected chi connectivity index (χ0v) is 12.8. The van der Waals surface area contributed by atoms with Gasteiger partial charge in [0.15, 0.2) is 5.69 Å². The highest BCUT2D eigenvalue weighted by Gasteiger charge is 2.64. The van der Waals surface area contributed by atoms with Crippen LogP contribution in [-0.4, -0.2) is 24.6 Å². The van der Waals surface area contributed by atoms with Gasteiger partial charge in [0, 0.05) is 6.54 Å². The Morgan fingerprint density at radius 1 is 1.35 bits per heavy atom. The van der Waals surface area contributed by atoms with Crippen LogP contribution in [0.2, 0.25) is 0 Å². The molecule has 3 N–H and O–H groups in total. The van der Waals surface area contributed by atoms with Crippen LogP contribution in [0.4, 0.5) is 11.5 Å². The molecule has 0 aliphatic heterocycles. The molecule has 0 amide bonds. The van der Waals surface area contributed by atoms with Gasteiger partial charge in [0.1, 0.15) is 5.82 Å². The highest BCUT2D eigenvalue weighted by atomic mass is 16.5. The van der Waals surface area contributed by atoms with E-state index < -0.39 is 5.97 Å². The summed E-state index contributed by atoms with van der Waals surface area (Å²) in [6.45, 7) is 9.85. The molecule has 1 aliphatic carbocycles. The van der Waals surface area contributed by atoms with Crippen molar-refractivity contribution < 1.29 is 9.53 Å². The number of pyridine rings is 1. The smallest absolute Gasteiger partial charge is 0.356 e. The summed E-state index contributed by atoms with van der Waals surface area (Å²) in [4.78, 5) is 15.7. The van der Waals surface area contributed by atoms with Gasteiger partial charge in [-0.15, -0.1) is 0 Å². The minimum Gasteiger partial charge on any atom is -0.464 e. The molecule has 20 heavy (non-hydrogen) atoms. The lowest BCUT2D eigenvalue weighted by Crippen LogP contribution is -2.13. The van der Waals surface area contributed by atoms with Crippen molar-refractivity contribution in [3.05, 3.63) is 17.8 Å². The van der Waals surface area contributed by atoms with Gasteiger partial charge in [-0.2, -0.15) is 0 Å². The Labute approximate surface area is 119 Å². The SMILES string of the molecule is COC(=O)c1ccc(N)c(NCC2C(C)(C)C2(C)C)n1. The van der Waals surface area contributed by atoms with Crippen LogP contribution in [0.5, 0.6) is 0 Å². The minimum atomic E-state index is -0.458. The molecule has 0 radical (unpaired) electrons. The van der Waals surface area contributed by atoms with Gasteiger partial charge in [0.25, 0.3) is 0 Å². The molecule has 1 aromatic rings. The fourth-order valence-corrected chi connectivity index (χ4v) is 2.87. The standard InChI is InChI=1S/C15H23N3O2/c1-14(2)11(15(14,3)4)8-17-12-9(16)6-7-10(18-12)13(19)20-5/h6-7,11H,8,16H2,1-5H3,(H,17,18). The summed E-state index contributed by atoms with van der Waals surface area (Å²) >= 11 is 0. The van der Waals surface area contributed by atoms with Gasteiger partial charge in [-0.3, -0.25) is 0 Å². The lowest BCUT2D eigenvalue weighted by Gasteiger charge is -2.10. The number of anilines is 2. The molecule has 0 spiro atoms. The highest BCUT2D eigenvalue weighted by molar-refractivity contribution is 5.88. The number of carbonyl (C=O) groups is 1. The van der Waals surface area contributed by atoms with Gasteiger partial charge in [-0.1, -0.05) is 27.7 Å². The van der Waals surface area contributed by atoms with Crippen molar-refractivity contribution in [3.63, 3.8) is 0 Å². The maximum Gasteiger partial charge on any atom is 0.356 e. The van der Waals surface area contributed by atoms with Crippen LogP contribution in [-0.2, 0) is 4.74 Å². The van der Waals surface area contributed by atoms with E-state index in [-0.39, 0.29) is 5.69 Å². The molecule has 5 nitrogen and oxygen atoms in total. The second-order valence-electron chi connectivity index (χ2n) is 6.50. The molecule has 0 unspecified atom stereocenters. The van der Waals surface area contributed by atoms with Crippen molar-refractivity contribution in [2.24, 2.45) is 16.7 Å². The van der Waals surface area contributed by atoms with Crippen molar-refractivity contribution in [1.29, 1.82) is 0 Å². The Morgan fingerprint density at radius 2 is 1.95 bits per heavy atom. The van der Waals surface area contributed by atoms with E-state index in [0.29, 0.717) is 28.3 Å². The number of aromatic nitrogens is 1. The monoisotopic (exact) mass is 277 g/mol. The molecule has 2 rings (SSSR count). The molecular weight excluding hydrogens is 254 g/mol. The number of nitrogen functional groups attached to an aromatic ring is 1. The number of rotatable bonds is 4. The number of methoxy groups -OCH3 is 1. The van der Waals surface area contributed by atoms with Crippen molar-refractivity contribution in [2.75, 3.05) is 24.7 Å². The zero-order chi connectivity index (χ0) is 15.1. The summed E-state index contributed by atoms with van der Waals surface area (Å²) in [5.74, 6) is 0.643. The van der Waals surface area contributed by atoms with Crippen molar-refractivity contribution in [1.82, 2.24) is 4.98 Å². The maximum absolute atomic E-state index is 11.5. The Kier molecular flexibility index (Phi) is 3.40. The van der Waals surface area contributed by atoms with Crippen molar-refractivity contribution in [3.8, 4) is 0 Å². The molecule has 1 saturated carbocycles. The quantitative estimate of drug-likeness (QED) is 0.827. The second-order valence-corrected chi connectivity index (χ2v) is 6.50. The number of esters is 1. The molecule has 0 saturated heterocycles. The highest BCUT2D eigenvalue weighted by Crippen LogP contribution is 2.68. The Morgan fingerprint density at radius 3 is 2.45 bits per heavy atom. The van der Waals surface area contributed by atoms with Crippen molar-refractivity contribution in [2.45, 2.75) is 27.7 Å². The van der Waals surface area contributed by atoms with E-state index in [0.717, 1.165) is 6.54 Å². The van der Waals surface area contributed by atoms with E-state index in [4.69, 9.17) is 5.73 Å². The number of nitrogens with zero attached hydrogens (tertiary/aromatic N) is 1. The number of hydrogen-bond donors (Lipinski definition) is 2. The number of hydrogen-bond acceptors (Lipinski definition) is 5. The molecule has 0 aromatic carbocycles. The first-order valence-corrected chi connectivity index (χ1v) is 6.80. The van der Waals surface area contributed by atoms with Gasteiger partial charge in [-0.25, -0.2) is 9.78 Å². The molecule has 1 aromatic heterocycles. The lowest BCUT2D eigenvalue weighted by atomic mass is 10.0. The third-order valence-corrected chi connectivity index (χ3v) is 5.11. The summed E-state index contributed by atoms with van der Waals surface area (Å²) < 4.78 is 4.67. The minimum absolute atomic E-state index is 0.263. The first kappa shape index (κ1) is 14.6. The van der Waals surface area contributed by atoms with E-state index in [1.165, 1.54) is 7.11 Å². The third kappa shape index (κ3) is 2.21. The van der Waals surface area contributed by atoms with E-state index in [2.05, 4.69) is 42.7 Å². The molecule has 1 heterocycles. The van der Waals surface area contributed by atoms with E-state index in [9.17, 15) is 4.79 Å². The number of ether oxygens (including phenoxy) is 1. The fourth-order valence-electron chi connectivity index (χ4n) is 2.87.